The van der Waals surface area contributed by atoms with Crippen molar-refractivity contribution < 1.29 is 26.2 Å². The fourth-order valence-electron chi connectivity index (χ4n) is 9.67. The van der Waals surface area contributed by atoms with Gasteiger partial charge in [-0.2, -0.15) is 12.1 Å². The summed E-state index contributed by atoms with van der Waals surface area (Å²) < 4.78 is 0. The number of hydrogen-bond acceptors (Lipinski definition) is 0. The van der Waals surface area contributed by atoms with Gasteiger partial charge in [0.2, 0.25) is 0 Å². The first-order valence-corrected chi connectivity index (χ1v) is 23.9. The second-order valence-electron chi connectivity index (χ2n) is 16.6. The Kier molecular flexibility index (Phi) is 12.5. The zero-order chi connectivity index (χ0) is 42.9. The summed E-state index contributed by atoms with van der Waals surface area (Å²) in [6, 6.07) is 79.6. The van der Waals surface area contributed by atoms with Gasteiger partial charge in [-0.15, -0.1) is 44.8 Å². The Morgan fingerprint density at radius 3 is 0.828 bits per heavy atom. The molecular formula is C62H48SiZr. The van der Waals surface area contributed by atoms with Crippen LogP contribution in [-0.4, -0.2) is 9.52 Å². The first-order valence-electron chi connectivity index (χ1n) is 21.9. The Bertz CT molecular complexity index is 3110. The second-order valence-corrected chi connectivity index (χ2v) is 17.6. The van der Waals surface area contributed by atoms with Crippen LogP contribution in [0.3, 0.4) is 0 Å². The quantitative estimate of drug-likeness (QED) is 0.122. The van der Waals surface area contributed by atoms with E-state index in [0.717, 1.165) is 9.52 Å². The van der Waals surface area contributed by atoms with E-state index in [2.05, 4.69) is 245 Å². The number of benzene rings is 10. The Labute approximate surface area is 398 Å². The Balaban J connectivity index is 0.000000151. The predicted molar refractivity (Wildman–Crippen MR) is 278 cm³/mol. The molecule has 0 unspecified atom stereocenters. The topological polar surface area (TPSA) is 0 Å². The van der Waals surface area contributed by atoms with E-state index >= 15 is 0 Å². The van der Waals surface area contributed by atoms with Gasteiger partial charge in [0.25, 0.3) is 0 Å². The third-order valence-corrected chi connectivity index (χ3v) is 12.4. The van der Waals surface area contributed by atoms with Crippen molar-refractivity contribution in [3.8, 4) is 44.5 Å². The molecule has 0 spiro atoms. The van der Waals surface area contributed by atoms with Crippen molar-refractivity contribution in [1.29, 1.82) is 0 Å². The van der Waals surface area contributed by atoms with Gasteiger partial charge in [0.15, 0.2) is 0 Å². The van der Waals surface area contributed by atoms with E-state index in [1.54, 1.807) is 0 Å². The monoisotopic (exact) mass is 910 g/mol. The van der Waals surface area contributed by atoms with Crippen molar-refractivity contribution in [3.63, 3.8) is 0 Å². The smallest absolute Gasteiger partial charge is 0.165 e. The Morgan fingerprint density at radius 2 is 0.516 bits per heavy atom. The van der Waals surface area contributed by atoms with Crippen LogP contribution >= 0.6 is 0 Å². The van der Waals surface area contributed by atoms with Gasteiger partial charge >= 0.3 is 26.2 Å². The van der Waals surface area contributed by atoms with Crippen LogP contribution in [0.5, 0.6) is 0 Å². The van der Waals surface area contributed by atoms with Crippen LogP contribution in [0.15, 0.2) is 218 Å². The molecule has 304 valence electrons. The number of rotatable bonds is 4. The summed E-state index contributed by atoms with van der Waals surface area (Å²) in [5.74, 6) is 0. The van der Waals surface area contributed by atoms with Gasteiger partial charge in [-0.25, -0.2) is 0 Å². The zero-order valence-corrected chi connectivity index (χ0v) is 40.2. The fraction of sp³-hybridized carbons (Fsp3) is 0.0645. The molecule has 0 aliphatic rings. The van der Waals surface area contributed by atoms with E-state index in [4.69, 9.17) is 0 Å². The van der Waals surface area contributed by atoms with Gasteiger partial charge in [-0.05, 0) is 54.2 Å². The molecule has 0 amide bonds. The molecule has 0 aliphatic heterocycles. The molecule has 0 bridgehead atoms. The minimum absolute atomic E-state index is 0. The number of fused-ring (bicyclic) bond motifs is 6. The molecule has 12 aromatic carbocycles. The van der Waals surface area contributed by atoms with E-state index < -0.39 is 0 Å². The largest absolute Gasteiger partial charge is 2.00 e. The van der Waals surface area contributed by atoms with Gasteiger partial charge in [0, 0.05) is 9.52 Å². The minimum Gasteiger partial charge on any atom is -0.165 e. The van der Waals surface area contributed by atoms with E-state index in [-0.39, 0.29) is 26.2 Å². The van der Waals surface area contributed by atoms with Gasteiger partial charge in [-0.1, -0.05) is 254 Å². The molecule has 0 atom stereocenters. The third-order valence-electron chi connectivity index (χ3n) is 12.4. The molecule has 0 nitrogen and oxygen atoms in total. The summed E-state index contributed by atoms with van der Waals surface area (Å²) in [5.41, 5.74) is 13.0. The SMILES string of the molecule is C[Si]C.Cc1cc2c(-c3cccc4ccccc34)ccc(-c3cccc4ccccc34)c2[cH-]1.Cc1cc2c(-c3cccc4ccccc34)ccc(-c3cccc4ccccc34)c2[cH-]1.[Zr+2]. The average Bonchev–Trinajstić information content (AvgIpc) is 3.93. The Morgan fingerprint density at radius 1 is 0.281 bits per heavy atom. The molecule has 2 heteroatoms. The molecule has 2 radical (unpaired) electrons. The molecule has 0 heterocycles. The maximum atomic E-state index is 2.33. The van der Waals surface area contributed by atoms with Crippen molar-refractivity contribution in [2.45, 2.75) is 26.9 Å². The van der Waals surface area contributed by atoms with Crippen LogP contribution in [0, 0.1) is 13.8 Å². The van der Waals surface area contributed by atoms with Gasteiger partial charge in [-0.3, -0.25) is 0 Å². The number of hydrogen-bond donors (Lipinski definition) is 0. The normalized spacial score (nSPS) is 11.1. The first-order chi connectivity index (χ1) is 31.0. The van der Waals surface area contributed by atoms with E-state index in [9.17, 15) is 0 Å². The minimum atomic E-state index is 0. The first kappa shape index (κ1) is 42.8. The molecule has 0 aromatic heterocycles. The molecule has 64 heavy (non-hydrogen) atoms. The van der Waals surface area contributed by atoms with Crippen LogP contribution in [0.1, 0.15) is 11.1 Å². The second kappa shape index (κ2) is 18.7. The van der Waals surface area contributed by atoms with Gasteiger partial charge in [0.05, 0.1) is 0 Å². The molecule has 12 rings (SSSR count). The van der Waals surface area contributed by atoms with E-state index in [1.165, 1.54) is 120 Å². The van der Waals surface area contributed by atoms with Gasteiger partial charge < -0.3 is 0 Å². The zero-order valence-electron chi connectivity index (χ0n) is 36.8. The van der Waals surface area contributed by atoms with Crippen molar-refractivity contribution >= 4 is 74.2 Å². The van der Waals surface area contributed by atoms with E-state index in [0.29, 0.717) is 0 Å². The number of aryl methyl sites for hydroxylation is 2. The Hall–Kier alpha value is -6.44. The summed E-state index contributed by atoms with van der Waals surface area (Å²) in [7, 11) is 1.08. The molecule has 0 saturated carbocycles. The van der Waals surface area contributed by atoms with Crippen molar-refractivity contribution in [1.82, 2.24) is 0 Å². The molecule has 0 N–H and O–H groups in total. The summed E-state index contributed by atoms with van der Waals surface area (Å²) in [4.78, 5) is 0. The molecular weight excluding hydrogens is 864 g/mol. The predicted octanol–water partition coefficient (Wildman–Crippen LogP) is 17.8. The molecule has 0 saturated heterocycles. The van der Waals surface area contributed by atoms with Crippen LogP contribution in [0.4, 0.5) is 0 Å². The van der Waals surface area contributed by atoms with Crippen LogP contribution in [0.25, 0.3) is 109 Å². The summed E-state index contributed by atoms with van der Waals surface area (Å²) in [5, 5.41) is 15.7. The van der Waals surface area contributed by atoms with E-state index in [1.807, 2.05) is 0 Å². The van der Waals surface area contributed by atoms with Crippen molar-refractivity contribution in [3.05, 3.63) is 230 Å². The molecule has 12 aromatic rings. The average molecular weight is 912 g/mol. The fourth-order valence-corrected chi connectivity index (χ4v) is 9.67. The maximum Gasteiger partial charge on any atom is 2.00 e. The van der Waals surface area contributed by atoms with Crippen LogP contribution in [-0.2, 0) is 26.2 Å². The van der Waals surface area contributed by atoms with Crippen molar-refractivity contribution in [2.75, 3.05) is 0 Å². The standard InChI is InChI=1S/2C30H21.C2H6Si.Zr/c2*1-20-18-29-27(25-14-6-10-21-8-2-4-12-23(21)25)16-17-28(30(29)19-20)26-15-7-11-22-9-3-5-13-24(22)26;1-3-2;/h2*2-19H,1H3;1-2H3;/q2*-1;;+2. The third kappa shape index (κ3) is 8.02. The maximum absolute atomic E-state index is 2.33. The van der Waals surface area contributed by atoms with Gasteiger partial charge in [0.1, 0.15) is 0 Å². The van der Waals surface area contributed by atoms with Crippen molar-refractivity contribution in [2.24, 2.45) is 0 Å². The van der Waals surface area contributed by atoms with Crippen LogP contribution in [0.2, 0.25) is 13.1 Å². The summed E-state index contributed by atoms with van der Waals surface area (Å²) in [6.07, 6.45) is 0. The molecule has 0 aliphatic carbocycles. The summed E-state index contributed by atoms with van der Waals surface area (Å²) >= 11 is 0. The molecule has 0 fully saturated rings. The van der Waals surface area contributed by atoms with Crippen LogP contribution < -0.4 is 0 Å². The summed E-state index contributed by atoms with van der Waals surface area (Å²) in [6.45, 7) is 8.69.